The second kappa shape index (κ2) is 8.22. The van der Waals surface area contributed by atoms with Gasteiger partial charge in [-0.2, -0.15) is 13.2 Å². The Balaban J connectivity index is 1.37. The van der Waals surface area contributed by atoms with Crippen LogP contribution in [0.3, 0.4) is 0 Å². The Morgan fingerprint density at radius 2 is 1.91 bits per heavy atom. The molecule has 0 N–H and O–H groups in total. The number of fused-ring (bicyclic) bond motifs is 1. The minimum Gasteiger partial charge on any atom is -0.493 e. The second-order valence-electron chi connectivity index (χ2n) is 9.13. The highest BCUT2D eigenvalue weighted by molar-refractivity contribution is 7.18. The van der Waals surface area contributed by atoms with Crippen molar-refractivity contribution in [1.82, 2.24) is 4.98 Å². The third-order valence-electron chi connectivity index (χ3n) is 6.66. The van der Waals surface area contributed by atoms with E-state index in [0.717, 1.165) is 61.5 Å². The maximum absolute atomic E-state index is 12.9. The molecule has 0 spiro atoms. The number of nitrogens with zero attached hydrogens (tertiary/aromatic N) is 1. The van der Waals surface area contributed by atoms with Crippen molar-refractivity contribution in [2.24, 2.45) is 5.92 Å². The first-order valence-electron chi connectivity index (χ1n) is 11.2. The summed E-state index contributed by atoms with van der Waals surface area (Å²) in [6.45, 7) is 4.88. The molecule has 1 heterocycles. The van der Waals surface area contributed by atoms with Crippen molar-refractivity contribution in [1.29, 1.82) is 0 Å². The van der Waals surface area contributed by atoms with E-state index in [1.54, 1.807) is 11.3 Å². The summed E-state index contributed by atoms with van der Waals surface area (Å²) >= 11 is 1.62. The van der Waals surface area contributed by atoms with E-state index < -0.39 is 18.5 Å². The van der Waals surface area contributed by atoms with E-state index in [2.05, 4.69) is 24.0 Å². The van der Waals surface area contributed by atoms with Gasteiger partial charge in [-0.25, -0.2) is 4.98 Å². The molecule has 0 aliphatic heterocycles. The van der Waals surface area contributed by atoms with Gasteiger partial charge in [-0.1, -0.05) is 12.1 Å². The molecule has 2 nitrogen and oxygen atoms in total. The van der Waals surface area contributed by atoms with Gasteiger partial charge in [0.25, 0.3) is 0 Å². The Labute approximate surface area is 190 Å². The maximum atomic E-state index is 12.9. The molecule has 1 saturated carbocycles. The zero-order valence-electron chi connectivity index (χ0n) is 18.3. The van der Waals surface area contributed by atoms with E-state index in [1.165, 1.54) is 12.8 Å². The molecule has 1 fully saturated rings. The Morgan fingerprint density at radius 3 is 2.62 bits per heavy atom. The number of aromatic nitrogens is 1. The van der Waals surface area contributed by atoms with Crippen LogP contribution in [-0.2, 0) is 6.42 Å². The third-order valence-corrected chi connectivity index (χ3v) is 7.74. The molecule has 1 aromatic heterocycles. The largest absolute Gasteiger partial charge is 0.493 e. The Hall–Kier alpha value is -2.34. The fourth-order valence-corrected chi connectivity index (χ4v) is 5.67. The highest BCUT2D eigenvalue weighted by Crippen LogP contribution is 2.44. The maximum Gasteiger partial charge on any atom is 0.389 e. The molecule has 0 amide bonds. The number of alkyl halides is 3. The zero-order valence-corrected chi connectivity index (χ0v) is 19.1. The fourth-order valence-electron chi connectivity index (χ4n) is 4.68. The summed E-state index contributed by atoms with van der Waals surface area (Å²) in [6, 6.07) is 10.1. The van der Waals surface area contributed by atoms with Crippen molar-refractivity contribution in [3.63, 3.8) is 0 Å². The summed E-state index contributed by atoms with van der Waals surface area (Å²) in [4.78, 5) is 5.73. The second-order valence-corrected chi connectivity index (χ2v) is 10.2. The minimum atomic E-state index is -4.13. The van der Waals surface area contributed by atoms with Crippen molar-refractivity contribution in [2.75, 3.05) is 6.61 Å². The van der Waals surface area contributed by atoms with Crippen LogP contribution in [0, 0.1) is 19.8 Å². The number of aryl methyl sites for hydroxylation is 1. The lowest BCUT2D eigenvalue weighted by Gasteiger charge is -2.15. The number of rotatable bonds is 6. The van der Waals surface area contributed by atoms with Crippen molar-refractivity contribution in [3.8, 4) is 26.8 Å². The molecule has 32 heavy (non-hydrogen) atoms. The molecule has 0 bridgehead atoms. The highest BCUT2D eigenvalue weighted by atomic mass is 32.1. The molecule has 1 unspecified atom stereocenters. The van der Waals surface area contributed by atoms with Crippen LogP contribution in [0.25, 0.3) is 21.0 Å². The smallest absolute Gasteiger partial charge is 0.389 e. The van der Waals surface area contributed by atoms with Crippen molar-refractivity contribution >= 4 is 11.3 Å². The zero-order chi connectivity index (χ0) is 22.5. The molecule has 0 saturated heterocycles. The van der Waals surface area contributed by atoms with E-state index in [-0.39, 0.29) is 0 Å². The van der Waals surface area contributed by atoms with Gasteiger partial charge in [0, 0.05) is 11.8 Å². The van der Waals surface area contributed by atoms with Gasteiger partial charge in [-0.15, -0.1) is 11.3 Å². The molecule has 2 aliphatic rings. The molecular formula is C26H26F3NOS. The first-order valence-corrected chi connectivity index (χ1v) is 12.0. The first-order chi connectivity index (χ1) is 15.3. The molecule has 3 aromatic rings. The Kier molecular flexibility index (Phi) is 5.52. The molecule has 6 heteroatoms. The van der Waals surface area contributed by atoms with Crippen LogP contribution in [0.5, 0.6) is 5.75 Å². The van der Waals surface area contributed by atoms with Crippen LogP contribution in [0.15, 0.2) is 36.5 Å². The number of hydrogen-bond acceptors (Lipinski definition) is 3. The average Bonchev–Trinajstić information content (AvgIpc) is 3.28. The van der Waals surface area contributed by atoms with E-state index in [4.69, 9.17) is 4.74 Å². The van der Waals surface area contributed by atoms with E-state index in [9.17, 15) is 13.2 Å². The number of ether oxygens (including phenoxy) is 1. The van der Waals surface area contributed by atoms with Crippen LogP contribution < -0.4 is 4.74 Å². The number of thiazole rings is 1. The minimum absolute atomic E-state index is 0.423. The lowest BCUT2D eigenvalue weighted by molar-refractivity contribution is -0.138. The molecule has 2 aromatic carbocycles. The number of hydrogen-bond donors (Lipinski definition) is 0. The van der Waals surface area contributed by atoms with Gasteiger partial charge in [0.2, 0.25) is 0 Å². The van der Waals surface area contributed by atoms with E-state index in [0.29, 0.717) is 12.8 Å². The van der Waals surface area contributed by atoms with Gasteiger partial charge in [-0.05, 0) is 97.4 Å². The molecule has 1 atom stereocenters. The molecule has 5 rings (SSSR count). The van der Waals surface area contributed by atoms with Gasteiger partial charge in [0.05, 0.1) is 17.9 Å². The molecule has 2 aliphatic carbocycles. The summed E-state index contributed by atoms with van der Waals surface area (Å²) in [5.41, 5.74) is 6.23. The monoisotopic (exact) mass is 457 g/mol. The summed E-state index contributed by atoms with van der Waals surface area (Å²) in [5, 5.41) is 0.909. The van der Waals surface area contributed by atoms with Crippen LogP contribution in [-0.4, -0.2) is 17.8 Å². The van der Waals surface area contributed by atoms with Crippen molar-refractivity contribution in [2.45, 2.75) is 58.0 Å². The molecular weight excluding hydrogens is 431 g/mol. The summed E-state index contributed by atoms with van der Waals surface area (Å²) in [6.07, 6.45) is 0.835. The standard InChI is InChI=1S/C26H26F3NOS/c1-15-11-18(6-10-23(15)31-14-17-3-4-17)24-13-30-25(32-24)21-8-9-22-19(12-26(27,28)29)5-7-20(22)16(21)2/h6,8-11,13,17,19H,3-5,7,12,14H2,1-2H3. The van der Waals surface area contributed by atoms with E-state index >= 15 is 0 Å². The predicted molar refractivity (Wildman–Crippen MR) is 122 cm³/mol. The van der Waals surface area contributed by atoms with Crippen LogP contribution >= 0.6 is 11.3 Å². The van der Waals surface area contributed by atoms with Gasteiger partial charge in [0.15, 0.2) is 0 Å². The van der Waals surface area contributed by atoms with Gasteiger partial charge >= 0.3 is 6.18 Å². The summed E-state index contributed by atoms with van der Waals surface area (Å²) in [7, 11) is 0. The number of benzene rings is 2. The topological polar surface area (TPSA) is 22.1 Å². The summed E-state index contributed by atoms with van der Waals surface area (Å²) in [5.74, 6) is 1.24. The van der Waals surface area contributed by atoms with Crippen molar-refractivity contribution < 1.29 is 17.9 Å². The quantitative estimate of drug-likeness (QED) is 0.376. The lowest BCUT2D eigenvalue weighted by Crippen LogP contribution is -2.12. The normalized spacial score (nSPS) is 18.1. The van der Waals surface area contributed by atoms with Gasteiger partial charge in [0.1, 0.15) is 10.8 Å². The molecule has 168 valence electrons. The number of halogens is 3. The van der Waals surface area contributed by atoms with Gasteiger partial charge in [-0.3, -0.25) is 0 Å². The fraction of sp³-hybridized carbons (Fsp3) is 0.423. The van der Waals surface area contributed by atoms with Gasteiger partial charge < -0.3 is 4.74 Å². The van der Waals surface area contributed by atoms with Crippen LogP contribution in [0.4, 0.5) is 13.2 Å². The van der Waals surface area contributed by atoms with Crippen molar-refractivity contribution in [3.05, 3.63) is 58.8 Å². The highest BCUT2D eigenvalue weighted by Gasteiger charge is 2.36. The van der Waals surface area contributed by atoms with Crippen LogP contribution in [0.1, 0.15) is 53.9 Å². The first kappa shape index (κ1) is 21.5. The third kappa shape index (κ3) is 4.42. The predicted octanol–water partition coefficient (Wildman–Crippen LogP) is 7.86. The lowest BCUT2D eigenvalue weighted by atomic mass is 9.94. The van der Waals surface area contributed by atoms with E-state index in [1.807, 2.05) is 31.3 Å². The SMILES string of the molecule is Cc1cc(-c2cnc(-c3ccc4c(c3C)CCC4CC(F)(F)F)s2)ccc1OCC1CC1. The molecule has 0 radical (unpaired) electrons. The average molecular weight is 458 g/mol. The Bertz CT molecular complexity index is 1150. The Morgan fingerprint density at radius 1 is 1.09 bits per heavy atom. The van der Waals surface area contributed by atoms with Crippen LogP contribution in [0.2, 0.25) is 0 Å². The summed E-state index contributed by atoms with van der Waals surface area (Å²) < 4.78 is 44.7.